The van der Waals surface area contributed by atoms with Crippen LogP contribution in [0.25, 0.3) is 11.1 Å². The molecule has 0 amide bonds. The Bertz CT molecular complexity index is 570. The maximum atomic E-state index is 12.1. The van der Waals surface area contributed by atoms with E-state index in [0.29, 0.717) is 18.4 Å². The lowest BCUT2D eigenvalue weighted by Crippen LogP contribution is -1.93. The molecule has 0 fully saturated rings. The molecule has 0 spiro atoms. The predicted molar refractivity (Wildman–Crippen MR) is 70.6 cm³/mol. The Morgan fingerprint density at radius 3 is 2.58 bits per heavy atom. The van der Waals surface area contributed by atoms with Gasteiger partial charge in [-0.25, -0.2) is 0 Å². The first-order valence-corrected chi connectivity index (χ1v) is 5.96. The molecule has 0 saturated heterocycles. The van der Waals surface area contributed by atoms with Crippen LogP contribution in [0.2, 0.25) is 0 Å². The summed E-state index contributed by atoms with van der Waals surface area (Å²) in [4.78, 5) is 14.4. The molecule has 0 radical (unpaired) electrons. The molecule has 98 valence electrons. The predicted octanol–water partition coefficient (Wildman–Crippen LogP) is 3.56. The number of benzene rings is 1. The normalized spacial score (nSPS) is 10.4. The van der Waals surface area contributed by atoms with Crippen LogP contribution in [-0.4, -0.2) is 16.6 Å². The first-order chi connectivity index (χ1) is 9.22. The van der Waals surface area contributed by atoms with Crippen molar-refractivity contribution in [1.29, 1.82) is 0 Å². The van der Waals surface area contributed by atoms with Crippen LogP contribution in [0.15, 0.2) is 42.7 Å². The van der Waals surface area contributed by atoms with Crippen molar-refractivity contribution in [3.63, 3.8) is 0 Å². The minimum absolute atomic E-state index is 0.0338. The zero-order chi connectivity index (χ0) is 13.7. The third-order valence-corrected chi connectivity index (χ3v) is 2.86. The van der Waals surface area contributed by atoms with Gasteiger partial charge in [0.2, 0.25) is 0 Å². The van der Waals surface area contributed by atoms with Crippen LogP contribution in [-0.2, 0) is 6.42 Å². The van der Waals surface area contributed by atoms with Crippen LogP contribution in [0, 0.1) is 10.1 Å². The number of alkyl halides is 1. The molecule has 0 atom stereocenters. The van der Waals surface area contributed by atoms with Gasteiger partial charge in [-0.15, -0.1) is 0 Å². The molecular weight excluding hydrogens is 247 g/mol. The summed E-state index contributed by atoms with van der Waals surface area (Å²) in [5.74, 6) is 0. The molecule has 1 aromatic heterocycles. The molecule has 1 aromatic carbocycles. The van der Waals surface area contributed by atoms with Crippen LogP contribution in [0.1, 0.15) is 12.0 Å². The topological polar surface area (TPSA) is 56.0 Å². The van der Waals surface area contributed by atoms with Crippen LogP contribution >= 0.6 is 0 Å². The van der Waals surface area contributed by atoms with E-state index in [9.17, 15) is 14.5 Å². The summed E-state index contributed by atoms with van der Waals surface area (Å²) in [5, 5.41) is 10.9. The Labute approximate surface area is 110 Å². The molecular formula is C14H13FN2O2. The fourth-order valence-electron chi connectivity index (χ4n) is 1.89. The van der Waals surface area contributed by atoms with Crippen molar-refractivity contribution in [2.45, 2.75) is 12.8 Å². The van der Waals surface area contributed by atoms with Crippen molar-refractivity contribution in [3.8, 4) is 11.1 Å². The van der Waals surface area contributed by atoms with Gasteiger partial charge in [-0.3, -0.25) is 19.5 Å². The number of pyridine rings is 1. The highest BCUT2D eigenvalue weighted by Gasteiger charge is 2.14. The maximum absolute atomic E-state index is 12.1. The monoisotopic (exact) mass is 260 g/mol. The molecule has 0 bridgehead atoms. The van der Waals surface area contributed by atoms with Gasteiger partial charge >= 0.3 is 0 Å². The largest absolute Gasteiger partial charge is 0.280 e. The SMILES string of the molecule is O=[N+]([O-])c1ccncc1-c1ccc(CCCF)cc1. The number of rotatable bonds is 5. The third-order valence-electron chi connectivity index (χ3n) is 2.86. The van der Waals surface area contributed by atoms with Gasteiger partial charge in [0.05, 0.1) is 17.2 Å². The Morgan fingerprint density at radius 2 is 1.95 bits per heavy atom. The van der Waals surface area contributed by atoms with Crippen molar-refractivity contribution in [3.05, 3.63) is 58.4 Å². The second-order valence-electron chi connectivity index (χ2n) is 4.14. The number of aromatic nitrogens is 1. The van der Waals surface area contributed by atoms with Crippen LogP contribution in [0.3, 0.4) is 0 Å². The number of hydrogen-bond donors (Lipinski definition) is 0. The third kappa shape index (κ3) is 3.13. The smallest absolute Gasteiger partial charge is 0.264 e. The molecule has 0 aliphatic heterocycles. The van der Waals surface area contributed by atoms with Gasteiger partial charge in [-0.2, -0.15) is 0 Å². The van der Waals surface area contributed by atoms with Gasteiger partial charge in [0.1, 0.15) is 0 Å². The number of halogens is 1. The van der Waals surface area contributed by atoms with E-state index in [4.69, 9.17) is 0 Å². The van der Waals surface area contributed by atoms with E-state index in [-0.39, 0.29) is 12.4 Å². The van der Waals surface area contributed by atoms with E-state index < -0.39 is 4.92 Å². The fraction of sp³-hybridized carbons (Fsp3) is 0.214. The van der Waals surface area contributed by atoms with Crippen molar-refractivity contribution < 1.29 is 9.31 Å². The summed E-state index contributed by atoms with van der Waals surface area (Å²) < 4.78 is 12.1. The summed E-state index contributed by atoms with van der Waals surface area (Å²) in [6.07, 6.45) is 4.05. The van der Waals surface area contributed by atoms with Gasteiger partial charge in [0.15, 0.2) is 0 Å². The summed E-state index contributed by atoms with van der Waals surface area (Å²) in [5.41, 5.74) is 2.28. The number of nitrogens with zero attached hydrogens (tertiary/aromatic N) is 2. The lowest BCUT2D eigenvalue weighted by Gasteiger charge is -2.04. The number of aryl methyl sites for hydroxylation is 1. The first kappa shape index (κ1) is 13.1. The lowest BCUT2D eigenvalue weighted by molar-refractivity contribution is -0.384. The van der Waals surface area contributed by atoms with E-state index in [1.165, 1.54) is 18.5 Å². The Balaban J connectivity index is 2.30. The number of hydrogen-bond acceptors (Lipinski definition) is 3. The van der Waals surface area contributed by atoms with E-state index in [2.05, 4.69) is 4.98 Å². The fourth-order valence-corrected chi connectivity index (χ4v) is 1.89. The second-order valence-corrected chi connectivity index (χ2v) is 4.14. The van der Waals surface area contributed by atoms with E-state index in [1.807, 2.05) is 12.1 Å². The molecule has 0 unspecified atom stereocenters. The first-order valence-electron chi connectivity index (χ1n) is 5.96. The van der Waals surface area contributed by atoms with Gasteiger partial charge in [-0.1, -0.05) is 24.3 Å². The Morgan fingerprint density at radius 1 is 1.21 bits per heavy atom. The minimum atomic E-state index is -0.423. The highest BCUT2D eigenvalue weighted by Crippen LogP contribution is 2.28. The van der Waals surface area contributed by atoms with Crippen molar-refractivity contribution in [2.24, 2.45) is 0 Å². The van der Waals surface area contributed by atoms with Crippen LogP contribution < -0.4 is 0 Å². The molecule has 4 nitrogen and oxygen atoms in total. The lowest BCUT2D eigenvalue weighted by atomic mass is 10.0. The molecule has 0 saturated carbocycles. The van der Waals surface area contributed by atoms with Crippen molar-refractivity contribution in [2.75, 3.05) is 6.67 Å². The highest BCUT2D eigenvalue weighted by molar-refractivity contribution is 5.72. The molecule has 1 heterocycles. The van der Waals surface area contributed by atoms with E-state index in [1.54, 1.807) is 12.1 Å². The summed E-state index contributed by atoms with van der Waals surface area (Å²) >= 11 is 0. The Kier molecular flexibility index (Phi) is 4.18. The van der Waals surface area contributed by atoms with E-state index >= 15 is 0 Å². The summed E-state index contributed by atoms with van der Waals surface area (Å²) in [7, 11) is 0. The molecule has 2 aromatic rings. The molecule has 0 N–H and O–H groups in total. The second kappa shape index (κ2) is 6.04. The zero-order valence-corrected chi connectivity index (χ0v) is 10.3. The Hall–Kier alpha value is -2.30. The quantitative estimate of drug-likeness (QED) is 0.610. The summed E-state index contributed by atoms with van der Waals surface area (Å²) in [6.45, 7) is -0.337. The highest BCUT2D eigenvalue weighted by atomic mass is 19.1. The van der Waals surface area contributed by atoms with Gasteiger partial charge in [0, 0.05) is 18.5 Å². The molecule has 0 aliphatic rings. The average molecular weight is 260 g/mol. The molecule has 5 heteroatoms. The van der Waals surface area contributed by atoms with Crippen molar-refractivity contribution >= 4 is 5.69 Å². The average Bonchev–Trinajstić information content (AvgIpc) is 2.45. The number of nitro groups is 1. The zero-order valence-electron chi connectivity index (χ0n) is 10.3. The molecule has 19 heavy (non-hydrogen) atoms. The molecule has 2 rings (SSSR count). The van der Waals surface area contributed by atoms with Gasteiger partial charge in [0.25, 0.3) is 5.69 Å². The van der Waals surface area contributed by atoms with Crippen LogP contribution in [0.4, 0.5) is 10.1 Å². The maximum Gasteiger partial charge on any atom is 0.280 e. The van der Waals surface area contributed by atoms with Gasteiger partial charge < -0.3 is 0 Å². The van der Waals surface area contributed by atoms with Crippen molar-refractivity contribution in [1.82, 2.24) is 4.98 Å². The van der Waals surface area contributed by atoms with Crippen LogP contribution in [0.5, 0.6) is 0 Å². The van der Waals surface area contributed by atoms with E-state index in [0.717, 1.165) is 11.1 Å². The molecule has 0 aliphatic carbocycles. The minimum Gasteiger partial charge on any atom is -0.264 e. The van der Waals surface area contributed by atoms with Gasteiger partial charge in [-0.05, 0) is 24.0 Å². The standard InChI is InChI=1S/C14H13FN2O2/c15-8-1-2-11-3-5-12(6-4-11)13-10-16-9-7-14(13)17(18)19/h3-7,9-10H,1-2,8H2. The summed E-state index contributed by atoms with van der Waals surface area (Å²) in [6, 6.07) is 8.71.